The van der Waals surface area contributed by atoms with Crippen LogP contribution in [0.5, 0.6) is 0 Å². The van der Waals surface area contributed by atoms with Crippen LogP contribution in [-0.4, -0.2) is 41.3 Å². The van der Waals surface area contributed by atoms with Gasteiger partial charge in [0.05, 0.1) is 0 Å². The fourth-order valence-electron chi connectivity index (χ4n) is 2.18. The minimum Gasteiger partial charge on any atom is -0.444 e. The Hall–Kier alpha value is -0.770. The van der Waals surface area contributed by atoms with E-state index in [0.29, 0.717) is 0 Å². The molecule has 0 aliphatic carbocycles. The van der Waals surface area contributed by atoms with Crippen LogP contribution >= 0.6 is 0 Å². The summed E-state index contributed by atoms with van der Waals surface area (Å²) in [6.45, 7) is 14.3. The third kappa shape index (κ3) is 5.25. The van der Waals surface area contributed by atoms with Crippen molar-refractivity contribution < 1.29 is 9.53 Å². The fraction of sp³-hybridized carbons (Fsp3) is 0.929. The molecule has 1 aliphatic heterocycles. The van der Waals surface area contributed by atoms with Gasteiger partial charge in [-0.05, 0) is 60.9 Å². The van der Waals surface area contributed by atoms with E-state index in [0.717, 1.165) is 25.9 Å². The zero-order valence-corrected chi connectivity index (χ0v) is 12.7. The predicted octanol–water partition coefficient (Wildman–Crippen LogP) is 2.77. The van der Waals surface area contributed by atoms with Crippen molar-refractivity contribution in [1.82, 2.24) is 10.2 Å². The van der Waals surface area contributed by atoms with Crippen molar-refractivity contribution in [2.24, 2.45) is 0 Å². The summed E-state index contributed by atoms with van der Waals surface area (Å²) in [5.74, 6) is 0. The highest BCUT2D eigenvalue weighted by Gasteiger charge is 2.29. The molecule has 1 aliphatic rings. The van der Waals surface area contributed by atoms with Gasteiger partial charge in [0, 0.05) is 18.1 Å². The molecule has 106 valence electrons. The monoisotopic (exact) mass is 256 g/mol. The number of hydrogen-bond donors (Lipinski definition) is 1. The van der Waals surface area contributed by atoms with E-state index in [-0.39, 0.29) is 17.7 Å². The Kier molecular flexibility index (Phi) is 4.65. The van der Waals surface area contributed by atoms with E-state index in [1.165, 1.54) is 0 Å². The first-order valence-corrected chi connectivity index (χ1v) is 6.82. The molecule has 0 unspecified atom stereocenters. The molecule has 1 amide bonds. The summed E-state index contributed by atoms with van der Waals surface area (Å²) in [7, 11) is 0. The first-order chi connectivity index (χ1) is 8.08. The van der Waals surface area contributed by atoms with Crippen LogP contribution in [0.15, 0.2) is 0 Å². The second-order valence-corrected chi connectivity index (χ2v) is 7.10. The molecule has 1 saturated heterocycles. The molecule has 1 N–H and O–H groups in total. The van der Waals surface area contributed by atoms with Crippen LogP contribution in [0.3, 0.4) is 0 Å². The molecule has 0 spiro atoms. The summed E-state index contributed by atoms with van der Waals surface area (Å²) >= 11 is 0. The van der Waals surface area contributed by atoms with Crippen LogP contribution < -0.4 is 5.32 Å². The van der Waals surface area contributed by atoms with Crippen molar-refractivity contribution >= 4 is 6.09 Å². The number of amides is 1. The Morgan fingerprint density at radius 1 is 1.22 bits per heavy atom. The molecular formula is C14H28N2O2. The van der Waals surface area contributed by atoms with Crippen molar-refractivity contribution in [3.05, 3.63) is 0 Å². The average molecular weight is 256 g/mol. The van der Waals surface area contributed by atoms with Gasteiger partial charge in [0.2, 0.25) is 0 Å². The lowest BCUT2D eigenvalue weighted by Gasteiger charge is -2.41. The number of rotatable bonds is 1. The van der Waals surface area contributed by atoms with Gasteiger partial charge in [-0.25, -0.2) is 4.79 Å². The van der Waals surface area contributed by atoms with Gasteiger partial charge in [-0.15, -0.1) is 0 Å². The van der Waals surface area contributed by atoms with E-state index in [4.69, 9.17) is 4.74 Å². The van der Waals surface area contributed by atoms with E-state index in [1.807, 2.05) is 20.8 Å². The summed E-state index contributed by atoms with van der Waals surface area (Å²) in [4.78, 5) is 14.1. The number of nitrogens with zero attached hydrogens (tertiary/aromatic N) is 1. The van der Waals surface area contributed by atoms with Crippen molar-refractivity contribution in [3.63, 3.8) is 0 Å². The highest BCUT2D eigenvalue weighted by atomic mass is 16.6. The first-order valence-electron chi connectivity index (χ1n) is 6.82. The Labute approximate surface area is 111 Å². The highest BCUT2D eigenvalue weighted by Crippen LogP contribution is 2.20. The third-order valence-electron chi connectivity index (χ3n) is 3.09. The van der Waals surface area contributed by atoms with Crippen LogP contribution in [0.25, 0.3) is 0 Å². The maximum Gasteiger partial charge on any atom is 0.407 e. The van der Waals surface area contributed by atoms with Gasteiger partial charge in [-0.2, -0.15) is 0 Å². The van der Waals surface area contributed by atoms with E-state index in [1.54, 1.807) is 0 Å². The largest absolute Gasteiger partial charge is 0.444 e. The van der Waals surface area contributed by atoms with E-state index < -0.39 is 5.60 Å². The molecule has 18 heavy (non-hydrogen) atoms. The number of carbonyl (C=O) groups is 1. The normalized spacial score (nSPS) is 22.7. The van der Waals surface area contributed by atoms with Gasteiger partial charge in [0.1, 0.15) is 5.60 Å². The molecule has 0 saturated carbocycles. The van der Waals surface area contributed by atoms with Gasteiger partial charge >= 0.3 is 6.09 Å². The molecule has 0 bridgehead atoms. The minimum atomic E-state index is -0.428. The Bertz CT molecular complexity index is 289. The second kappa shape index (κ2) is 5.47. The maximum absolute atomic E-state index is 11.7. The van der Waals surface area contributed by atoms with Gasteiger partial charge in [-0.3, -0.25) is 4.90 Å². The number of piperidine rings is 1. The van der Waals surface area contributed by atoms with Crippen LogP contribution in [-0.2, 0) is 4.74 Å². The Morgan fingerprint density at radius 3 is 2.33 bits per heavy atom. The third-order valence-corrected chi connectivity index (χ3v) is 3.09. The quantitative estimate of drug-likeness (QED) is 0.784. The van der Waals surface area contributed by atoms with Gasteiger partial charge < -0.3 is 10.1 Å². The average Bonchev–Trinajstić information content (AvgIpc) is 2.13. The lowest BCUT2D eigenvalue weighted by Crippen LogP contribution is -2.54. The van der Waals surface area contributed by atoms with E-state index in [2.05, 4.69) is 31.0 Å². The van der Waals surface area contributed by atoms with Gasteiger partial charge in [-0.1, -0.05) is 0 Å². The zero-order valence-electron chi connectivity index (χ0n) is 12.7. The van der Waals surface area contributed by atoms with Crippen molar-refractivity contribution in [1.29, 1.82) is 0 Å². The molecule has 1 heterocycles. The number of alkyl carbamates (subject to hydrolysis) is 1. The summed E-state index contributed by atoms with van der Waals surface area (Å²) in [6, 6.07) is 0.202. The summed E-state index contributed by atoms with van der Waals surface area (Å²) < 4.78 is 5.29. The molecular weight excluding hydrogens is 228 g/mol. The molecule has 0 radical (unpaired) electrons. The van der Waals surface area contributed by atoms with E-state index in [9.17, 15) is 4.79 Å². The minimum absolute atomic E-state index is 0.161. The van der Waals surface area contributed by atoms with Crippen molar-refractivity contribution in [3.8, 4) is 0 Å². The van der Waals surface area contributed by atoms with Crippen LogP contribution in [0.1, 0.15) is 54.4 Å². The van der Waals surface area contributed by atoms with Crippen LogP contribution in [0.4, 0.5) is 4.79 Å². The number of likely N-dealkylation sites (tertiary alicyclic amines) is 1. The van der Waals surface area contributed by atoms with Gasteiger partial charge in [0.15, 0.2) is 0 Å². The van der Waals surface area contributed by atoms with Crippen LogP contribution in [0, 0.1) is 0 Å². The van der Waals surface area contributed by atoms with Crippen molar-refractivity contribution in [2.45, 2.75) is 71.6 Å². The smallest absolute Gasteiger partial charge is 0.407 e. The summed E-state index contributed by atoms with van der Waals surface area (Å²) in [5, 5.41) is 2.97. The first kappa shape index (κ1) is 15.3. The Morgan fingerprint density at radius 2 is 1.83 bits per heavy atom. The standard InChI is InChI=1S/C14H28N2O2/c1-13(2,3)16-9-7-8-11(10-16)15-12(17)18-14(4,5)6/h11H,7-10H2,1-6H3,(H,15,17)/t11-/m0/s1. The summed E-state index contributed by atoms with van der Waals surface area (Å²) in [6.07, 6.45) is 1.85. The van der Waals surface area contributed by atoms with Crippen LogP contribution in [0.2, 0.25) is 0 Å². The zero-order chi connectivity index (χ0) is 14.0. The van der Waals surface area contributed by atoms with Gasteiger partial charge in [0.25, 0.3) is 0 Å². The van der Waals surface area contributed by atoms with Crippen molar-refractivity contribution in [2.75, 3.05) is 13.1 Å². The number of hydrogen-bond acceptors (Lipinski definition) is 3. The SMILES string of the molecule is CC(C)(C)OC(=O)N[C@H]1CCCN(C(C)(C)C)C1. The fourth-order valence-corrected chi connectivity index (χ4v) is 2.18. The second-order valence-electron chi connectivity index (χ2n) is 7.10. The molecule has 1 atom stereocenters. The molecule has 0 aromatic carbocycles. The summed E-state index contributed by atoms with van der Waals surface area (Å²) in [5.41, 5.74) is -0.267. The maximum atomic E-state index is 11.7. The topological polar surface area (TPSA) is 41.6 Å². The molecule has 4 heteroatoms. The number of nitrogens with one attached hydrogen (secondary N) is 1. The number of ether oxygens (including phenoxy) is 1. The molecule has 4 nitrogen and oxygen atoms in total. The predicted molar refractivity (Wildman–Crippen MR) is 73.7 cm³/mol. The lowest BCUT2D eigenvalue weighted by atomic mass is 9.98. The molecule has 1 rings (SSSR count). The number of carbonyl (C=O) groups excluding carboxylic acids is 1. The molecule has 0 aromatic heterocycles. The molecule has 1 fully saturated rings. The molecule has 0 aromatic rings. The Balaban J connectivity index is 2.46. The highest BCUT2D eigenvalue weighted by molar-refractivity contribution is 5.68. The van der Waals surface area contributed by atoms with E-state index >= 15 is 0 Å². The lowest BCUT2D eigenvalue weighted by molar-refractivity contribution is 0.0416.